The Morgan fingerprint density at radius 2 is 1.81 bits per heavy atom. The van der Waals surface area contributed by atoms with Crippen molar-refractivity contribution in [3.8, 4) is 0 Å². The molecule has 9 nitrogen and oxygen atoms in total. The number of amides is 1. The first kappa shape index (κ1) is 18.3. The van der Waals surface area contributed by atoms with Crippen LogP contribution in [0.4, 0.5) is 0 Å². The topological polar surface area (TPSA) is 108 Å². The van der Waals surface area contributed by atoms with E-state index in [-0.39, 0.29) is 22.1 Å². The maximum Gasteiger partial charge on any atom is 0.338 e. The molecule has 0 bridgehead atoms. The molecule has 2 aromatic heterocycles. The van der Waals surface area contributed by atoms with E-state index in [0.717, 1.165) is 4.68 Å². The highest BCUT2D eigenvalue weighted by molar-refractivity contribution is 6.08. The van der Waals surface area contributed by atoms with Crippen molar-refractivity contribution in [2.24, 2.45) is 0 Å². The number of methoxy groups -OCH3 is 1. The Bertz CT molecular complexity index is 1090. The molecular weight excluding hydrogens is 350 g/mol. The number of aromatic nitrogens is 4. The summed E-state index contributed by atoms with van der Waals surface area (Å²) in [5, 5.41) is 4.49. The summed E-state index contributed by atoms with van der Waals surface area (Å²) >= 11 is 0. The highest BCUT2D eigenvalue weighted by Gasteiger charge is 2.21. The van der Waals surface area contributed by atoms with Crippen LogP contribution in [-0.4, -0.2) is 38.4 Å². The van der Waals surface area contributed by atoms with E-state index in [2.05, 4.69) is 20.2 Å². The van der Waals surface area contributed by atoms with Gasteiger partial charge >= 0.3 is 5.97 Å². The minimum atomic E-state index is -0.645. The first-order valence-corrected chi connectivity index (χ1v) is 8.18. The highest BCUT2D eigenvalue weighted by Crippen LogP contribution is 2.17. The molecule has 0 fully saturated rings. The Hall–Kier alpha value is -3.49. The van der Waals surface area contributed by atoms with Crippen LogP contribution >= 0.6 is 0 Å². The van der Waals surface area contributed by atoms with Crippen LogP contribution in [0.5, 0.6) is 0 Å². The van der Waals surface area contributed by atoms with Crippen molar-refractivity contribution >= 4 is 22.9 Å². The van der Waals surface area contributed by atoms with Gasteiger partial charge < -0.3 is 4.74 Å². The van der Waals surface area contributed by atoms with E-state index in [0.29, 0.717) is 5.65 Å². The molecule has 2 heterocycles. The van der Waals surface area contributed by atoms with Gasteiger partial charge in [0.25, 0.3) is 11.5 Å². The minimum Gasteiger partial charge on any atom is -0.465 e. The summed E-state index contributed by atoms with van der Waals surface area (Å²) in [4.78, 5) is 41.3. The van der Waals surface area contributed by atoms with Crippen molar-refractivity contribution in [2.75, 3.05) is 12.5 Å². The van der Waals surface area contributed by atoms with Gasteiger partial charge in [-0.05, 0) is 32.9 Å². The van der Waals surface area contributed by atoms with Crippen LogP contribution in [0.25, 0.3) is 11.0 Å². The van der Waals surface area contributed by atoms with E-state index < -0.39 is 17.4 Å². The minimum absolute atomic E-state index is 0.0849. The molecule has 27 heavy (non-hydrogen) atoms. The number of esters is 1. The molecule has 0 atom stereocenters. The Kier molecular flexibility index (Phi) is 4.52. The predicted molar refractivity (Wildman–Crippen MR) is 98.3 cm³/mol. The standard InChI is InChI=1S/C18H19N5O4/c1-18(2,3)23-14-13(9-20-23)16(25)22(10-19-14)21-15(24)11-7-5-6-8-12(11)17(26)27-4/h5-10H,1-4H3,(H,21,24). The number of hydrogen-bond acceptors (Lipinski definition) is 6. The lowest BCUT2D eigenvalue weighted by atomic mass is 10.1. The number of hydrogen-bond donors (Lipinski definition) is 1. The number of nitrogens with zero attached hydrogens (tertiary/aromatic N) is 4. The zero-order valence-electron chi connectivity index (χ0n) is 15.4. The van der Waals surface area contributed by atoms with E-state index in [1.165, 1.54) is 31.8 Å². The molecule has 1 N–H and O–H groups in total. The smallest absolute Gasteiger partial charge is 0.338 e. The van der Waals surface area contributed by atoms with Gasteiger partial charge in [0.2, 0.25) is 0 Å². The van der Waals surface area contributed by atoms with Crippen molar-refractivity contribution in [3.05, 3.63) is 58.3 Å². The van der Waals surface area contributed by atoms with Crippen LogP contribution in [0.3, 0.4) is 0 Å². The maximum absolute atomic E-state index is 12.7. The number of carbonyl (C=O) groups excluding carboxylic acids is 2. The van der Waals surface area contributed by atoms with Gasteiger partial charge in [-0.2, -0.15) is 5.10 Å². The van der Waals surface area contributed by atoms with Gasteiger partial charge in [0, 0.05) is 0 Å². The molecule has 0 radical (unpaired) electrons. The average Bonchev–Trinajstić information content (AvgIpc) is 3.08. The van der Waals surface area contributed by atoms with Crippen molar-refractivity contribution in [1.29, 1.82) is 0 Å². The summed E-state index contributed by atoms with van der Waals surface area (Å²) in [5.74, 6) is -1.28. The number of carbonyl (C=O) groups is 2. The number of fused-ring (bicyclic) bond motifs is 1. The fourth-order valence-corrected chi connectivity index (χ4v) is 2.62. The second-order valence-corrected chi connectivity index (χ2v) is 6.86. The monoisotopic (exact) mass is 369 g/mol. The molecule has 0 aliphatic rings. The Balaban J connectivity index is 1.99. The van der Waals surface area contributed by atoms with Gasteiger partial charge in [-0.3, -0.25) is 15.0 Å². The fraction of sp³-hybridized carbons (Fsp3) is 0.278. The molecule has 9 heteroatoms. The second kappa shape index (κ2) is 6.67. The van der Waals surface area contributed by atoms with Crippen LogP contribution in [0.15, 0.2) is 41.6 Å². The van der Waals surface area contributed by atoms with E-state index in [4.69, 9.17) is 0 Å². The average molecular weight is 369 g/mol. The van der Waals surface area contributed by atoms with E-state index >= 15 is 0 Å². The number of nitrogens with one attached hydrogen (secondary N) is 1. The quantitative estimate of drug-likeness (QED) is 0.701. The third-order valence-corrected chi connectivity index (χ3v) is 3.92. The first-order chi connectivity index (χ1) is 12.7. The predicted octanol–water partition coefficient (Wildman–Crippen LogP) is 1.52. The van der Waals surface area contributed by atoms with E-state index in [1.807, 2.05) is 20.8 Å². The van der Waals surface area contributed by atoms with Gasteiger partial charge in [0.05, 0.1) is 30.0 Å². The molecule has 0 aliphatic carbocycles. The lowest BCUT2D eigenvalue weighted by Crippen LogP contribution is -2.34. The molecule has 1 amide bonds. The summed E-state index contributed by atoms with van der Waals surface area (Å²) in [6.45, 7) is 5.83. The van der Waals surface area contributed by atoms with Crippen molar-refractivity contribution in [1.82, 2.24) is 19.4 Å². The van der Waals surface area contributed by atoms with Gasteiger partial charge in [-0.25, -0.2) is 19.1 Å². The molecule has 3 aromatic rings. The Labute approximate surface area is 154 Å². The third-order valence-electron chi connectivity index (χ3n) is 3.92. The summed E-state index contributed by atoms with van der Waals surface area (Å²) in [6, 6.07) is 6.16. The lowest BCUT2D eigenvalue weighted by Gasteiger charge is -2.19. The molecule has 0 spiro atoms. The summed E-state index contributed by atoms with van der Waals surface area (Å²) in [5.41, 5.74) is 2.23. The third kappa shape index (κ3) is 3.31. The zero-order chi connectivity index (χ0) is 19.8. The molecule has 0 aliphatic heterocycles. The largest absolute Gasteiger partial charge is 0.465 e. The second-order valence-electron chi connectivity index (χ2n) is 6.86. The summed E-state index contributed by atoms with van der Waals surface area (Å²) in [7, 11) is 1.23. The molecule has 0 saturated heterocycles. The van der Waals surface area contributed by atoms with Crippen LogP contribution in [0, 0.1) is 0 Å². The molecule has 0 unspecified atom stereocenters. The van der Waals surface area contributed by atoms with Crippen LogP contribution in [0.1, 0.15) is 41.5 Å². The van der Waals surface area contributed by atoms with Crippen molar-refractivity contribution in [3.63, 3.8) is 0 Å². The lowest BCUT2D eigenvalue weighted by molar-refractivity contribution is 0.0597. The molecular formula is C18H19N5O4. The van der Waals surface area contributed by atoms with Gasteiger partial charge in [-0.1, -0.05) is 12.1 Å². The Morgan fingerprint density at radius 3 is 2.44 bits per heavy atom. The number of rotatable bonds is 3. The molecule has 3 rings (SSSR count). The molecule has 140 valence electrons. The maximum atomic E-state index is 12.7. The normalized spacial score (nSPS) is 11.4. The number of ether oxygens (including phenoxy) is 1. The van der Waals surface area contributed by atoms with Crippen LogP contribution < -0.4 is 11.0 Å². The molecule has 0 saturated carbocycles. The summed E-state index contributed by atoms with van der Waals surface area (Å²) < 4.78 is 7.29. The Morgan fingerprint density at radius 1 is 1.15 bits per heavy atom. The van der Waals surface area contributed by atoms with Gasteiger partial charge in [0.1, 0.15) is 11.7 Å². The first-order valence-electron chi connectivity index (χ1n) is 8.18. The summed E-state index contributed by atoms with van der Waals surface area (Å²) in [6.07, 6.45) is 2.63. The highest BCUT2D eigenvalue weighted by atomic mass is 16.5. The van der Waals surface area contributed by atoms with Crippen molar-refractivity contribution < 1.29 is 14.3 Å². The van der Waals surface area contributed by atoms with E-state index in [1.54, 1.807) is 16.8 Å². The fourth-order valence-electron chi connectivity index (χ4n) is 2.62. The SMILES string of the molecule is COC(=O)c1ccccc1C(=O)Nn1cnc2c(cnn2C(C)(C)C)c1=O. The van der Waals surface area contributed by atoms with E-state index in [9.17, 15) is 14.4 Å². The van der Waals surface area contributed by atoms with Gasteiger partial charge in [0.15, 0.2) is 5.65 Å². The van der Waals surface area contributed by atoms with Gasteiger partial charge in [-0.15, -0.1) is 0 Å². The van der Waals surface area contributed by atoms with Crippen molar-refractivity contribution in [2.45, 2.75) is 26.3 Å². The zero-order valence-corrected chi connectivity index (χ0v) is 15.4. The number of benzene rings is 1. The van der Waals surface area contributed by atoms with Crippen LogP contribution in [-0.2, 0) is 10.3 Å². The van der Waals surface area contributed by atoms with Crippen LogP contribution in [0.2, 0.25) is 0 Å². The molecule has 1 aromatic carbocycles.